The Labute approximate surface area is 124 Å². The molecular weight excluding hydrogens is 270 g/mol. The molecule has 0 bridgehead atoms. The van der Waals surface area contributed by atoms with Crippen molar-refractivity contribution in [1.29, 1.82) is 0 Å². The molecule has 1 heterocycles. The zero-order chi connectivity index (χ0) is 15.4. The number of benzene rings is 1. The molecular formula is C16H21NO4. The van der Waals surface area contributed by atoms with E-state index in [0.717, 1.165) is 18.4 Å². The number of cyclic esters (lactones) is 1. The van der Waals surface area contributed by atoms with Gasteiger partial charge >= 0.3 is 12.1 Å². The van der Waals surface area contributed by atoms with Crippen LogP contribution in [0.25, 0.3) is 0 Å². The van der Waals surface area contributed by atoms with E-state index >= 15 is 0 Å². The third kappa shape index (κ3) is 3.17. The highest BCUT2D eigenvalue weighted by Crippen LogP contribution is 2.30. The fourth-order valence-corrected chi connectivity index (χ4v) is 2.86. The van der Waals surface area contributed by atoms with Gasteiger partial charge in [-0.3, -0.25) is 4.90 Å². The van der Waals surface area contributed by atoms with Crippen molar-refractivity contribution in [3.8, 4) is 0 Å². The number of ether oxygens (including phenoxy) is 1. The largest absolute Gasteiger partial charge is 0.480 e. The van der Waals surface area contributed by atoms with Gasteiger partial charge in [-0.05, 0) is 24.3 Å². The second-order valence-corrected chi connectivity index (χ2v) is 5.32. The van der Waals surface area contributed by atoms with Crippen molar-refractivity contribution < 1.29 is 19.4 Å². The quantitative estimate of drug-likeness (QED) is 0.875. The van der Waals surface area contributed by atoms with Crippen LogP contribution in [0.2, 0.25) is 0 Å². The number of aliphatic carboxylic acids is 1. The molecule has 1 N–H and O–H groups in total. The molecule has 0 unspecified atom stereocenters. The minimum Gasteiger partial charge on any atom is -0.480 e. The standard InChI is InChI=1S/C16H21NO4/c1-3-12(4-2)14-13(15(18)19)17(16(20)21-14)10-11-8-6-5-7-9-11/h5-9,12-14H,3-4,10H2,1-2H3,(H,18,19)/t13-,14+/m1/s1. The number of carbonyl (C=O) groups is 2. The molecule has 1 fully saturated rings. The van der Waals surface area contributed by atoms with Crippen molar-refractivity contribution in [2.45, 2.75) is 45.4 Å². The van der Waals surface area contributed by atoms with Crippen LogP contribution in [-0.2, 0) is 16.1 Å². The summed E-state index contributed by atoms with van der Waals surface area (Å²) < 4.78 is 5.37. The summed E-state index contributed by atoms with van der Waals surface area (Å²) in [5.41, 5.74) is 0.894. The van der Waals surface area contributed by atoms with Gasteiger partial charge in [0.1, 0.15) is 6.10 Å². The fourth-order valence-electron chi connectivity index (χ4n) is 2.86. The number of carbonyl (C=O) groups excluding carboxylic acids is 1. The minimum atomic E-state index is -1.01. The lowest BCUT2D eigenvalue weighted by Crippen LogP contribution is -2.44. The molecule has 21 heavy (non-hydrogen) atoms. The van der Waals surface area contributed by atoms with Gasteiger partial charge < -0.3 is 9.84 Å². The van der Waals surface area contributed by atoms with Crippen LogP contribution in [0.4, 0.5) is 4.79 Å². The molecule has 1 aliphatic rings. The van der Waals surface area contributed by atoms with Crippen LogP contribution in [0, 0.1) is 5.92 Å². The molecule has 1 amide bonds. The first-order valence-corrected chi connectivity index (χ1v) is 7.32. The molecule has 1 aromatic rings. The normalized spacial score (nSPS) is 21.7. The Bertz CT molecular complexity index is 498. The highest BCUT2D eigenvalue weighted by molar-refractivity contribution is 5.84. The number of carboxylic acids is 1. The topological polar surface area (TPSA) is 66.8 Å². The number of hydrogen-bond acceptors (Lipinski definition) is 3. The van der Waals surface area contributed by atoms with Crippen molar-refractivity contribution in [1.82, 2.24) is 4.90 Å². The van der Waals surface area contributed by atoms with Crippen LogP contribution in [0.3, 0.4) is 0 Å². The van der Waals surface area contributed by atoms with Crippen LogP contribution < -0.4 is 0 Å². The summed E-state index contributed by atoms with van der Waals surface area (Å²) in [6.07, 6.45) is 0.464. The average molecular weight is 291 g/mol. The minimum absolute atomic E-state index is 0.0656. The van der Waals surface area contributed by atoms with E-state index in [4.69, 9.17) is 4.74 Å². The first-order valence-electron chi connectivity index (χ1n) is 7.32. The predicted octanol–water partition coefficient (Wildman–Crippen LogP) is 2.90. The van der Waals surface area contributed by atoms with Gasteiger partial charge in [-0.1, -0.05) is 44.2 Å². The summed E-state index contributed by atoms with van der Waals surface area (Å²) in [4.78, 5) is 25.0. The van der Waals surface area contributed by atoms with Gasteiger partial charge in [-0.15, -0.1) is 0 Å². The SMILES string of the molecule is CCC(CC)[C@@H]1OC(=O)N(Cc2ccccc2)[C@H]1C(=O)O. The van der Waals surface area contributed by atoms with Crippen molar-refractivity contribution >= 4 is 12.1 Å². The van der Waals surface area contributed by atoms with E-state index in [1.165, 1.54) is 4.90 Å². The van der Waals surface area contributed by atoms with Gasteiger partial charge in [0.05, 0.1) is 6.54 Å². The predicted molar refractivity (Wildman–Crippen MR) is 77.7 cm³/mol. The van der Waals surface area contributed by atoms with E-state index in [-0.39, 0.29) is 12.5 Å². The smallest absolute Gasteiger partial charge is 0.411 e. The summed E-state index contributed by atoms with van der Waals surface area (Å²) in [6, 6.07) is 8.44. The molecule has 114 valence electrons. The third-order valence-electron chi connectivity index (χ3n) is 4.08. The zero-order valence-electron chi connectivity index (χ0n) is 12.4. The highest BCUT2D eigenvalue weighted by Gasteiger charge is 2.48. The Morgan fingerprint density at radius 3 is 2.43 bits per heavy atom. The molecule has 1 aromatic carbocycles. The van der Waals surface area contributed by atoms with Crippen LogP contribution in [-0.4, -0.2) is 34.2 Å². The Morgan fingerprint density at radius 1 is 1.29 bits per heavy atom. The molecule has 0 aromatic heterocycles. The summed E-state index contributed by atoms with van der Waals surface area (Å²) >= 11 is 0. The molecule has 0 saturated carbocycles. The van der Waals surface area contributed by atoms with Gasteiger partial charge in [0.25, 0.3) is 0 Å². The highest BCUT2D eigenvalue weighted by atomic mass is 16.6. The van der Waals surface area contributed by atoms with Crippen molar-refractivity contribution in [3.63, 3.8) is 0 Å². The first kappa shape index (κ1) is 15.4. The van der Waals surface area contributed by atoms with Crippen LogP contribution in [0.15, 0.2) is 30.3 Å². The number of rotatable bonds is 6. The maximum absolute atomic E-state index is 12.1. The van der Waals surface area contributed by atoms with Gasteiger partial charge in [0.2, 0.25) is 0 Å². The van der Waals surface area contributed by atoms with E-state index in [0.29, 0.717) is 0 Å². The molecule has 5 heteroatoms. The average Bonchev–Trinajstić information content (AvgIpc) is 2.78. The summed E-state index contributed by atoms with van der Waals surface area (Å²) in [5, 5.41) is 9.52. The molecule has 5 nitrogen and oxygen atoms in total. The summed E-state index contributed by atoms with van der Waals surface area (Å²) in [5.74, 6) is -0.940. The van der Waals surface area contributed by atoms with Crippen LogP contribution >= 0.6 is 0 Å². The van der Waals surface area contributed by atoms with Crippen LogP contribution in [0.1, 0.15) is 32.3 Å². The third-order valence-corrected chi connectivity index (χ3v) is 4.08. The van der Waals surface area contributed by atoms with E-state index < -0.39 is 24.2 Å². The number of amides is 1. The lowest BCUT2D eigenvalue weighted by atomic mass is 9.91. The van der Waals surface area contributed by atoms with Gasteiger partial charge in [0.15, 0.2) is 6.04 Å². The summed E-state index contributed by atoms with van der Waals surface area (Å²) in [7, 11) is 0. The Balaban J connectivity index is 2.23. The summed E-state index contributed by atoms with van der Waals surface area (Å²) in [6.45, 7) is 4.23. The Morgan fingerprint density at radius 2 is 1.90 bits per heavy atom. The van der Waals surface area contributed by atoms with Gasteiger partial charge in [0, 0.05) is 0 Å². The molecule has 0 radical (unpaired) electrons. The lowest BCUT2D eigenvalue weighted by Gasteiger charge is -2.25. The lowest BCUT2D eigenvalue weighted by molar-refractivity contribution is -0.143. The first-order chi connectivity index (χ1) is 10.1. The van der Waals surface area contributed by atoms with Gasteiger partial charge in [-0.25, -0.2) is 9.59 Å². The number of carboxylic acid groups (broad SMARTS) is 1. The molecule has 1 aliphatic heterocycles. The van der Waals surface area contributed by atoms with Gasteiger partial charge in [-0.2, -0.15) is 0 Å². The van der Waals surface area contributed by atoms with Crippen molar-refractivity contribution in [2.24, 2.45) is 5.92 Å². The van der Waals surface area contributed by atoms with E-state index in [9.17, 15) is 14.7 Å². The van der Waals surface area contributed by atoms with Crippen molar-refractivity contribution in [2.75, 3.05) is 0 Å². The van der Waals surface area contributed by atoms with E-state index in [1.54, 1.807) is 0 Å². The second-order valence-electron chi connectivity index (χ2n) is 5.32. The monoisotopic (exact) mass is 291 g/mol. The van der Waals surface area contributed by atoms with E-state index in [2.05, 4.69) is 0 Å². The number of hydrogen-bond donors (Lipinski definition) is 1. The second kappa shape index (κ2) is 6.61. The van der Waals surface area contributed by atoms with Crippen LogP contribution in [0.5, 0.6) is 0 Å². The molecule has 0 aliphatic carbocycles. The van der Waals surface area contributed by atoms with E-state index in [1.807, 2.05) is 44.2 Å². The zero-order valence-corrected chi connectivity index (χ0v) is 12.4. The molecule has 2 rings (SSSR count). The molecule has 0 spiro atoms. The molecule has 1 saturated heterocycles. The van der Waals surface area contributed by atoms with Crippen molar-refractivity contribution in [3.05, 3.63) is 35.9 Å². The fraction of sp³-hybridized carbons (Fsp3) is 0.500. The maximum Gasteiger partial charge on any atom is 0.411 e. The Kier molecular flexibility index (Phi) is 4.83. The maximum atomic E-state index is 12.1. The Hall–Kier alpha value is -2.04. The number of nitrogens with zero attached hydrogens (tertiary/aromatic N) is 1. The molecule has 2 atom stereocenters.